The van der Waals surface area contributed by atoms with Crippen LogP contribution in [0.5, 0.6) is 11.5 Å². The van der Waals surface area contributed by atoms with Crippen molar-refractivity contribution in [2.75, 3.05) is 7.11 Å². The van der Waals surface area contributed by atoms with E-state index in [1.807, 2.05) is 0 Å². The SMILES string of the molecule is COc1c(O)cccc1C(C)(C)O. The van der Waals surface area contributed by atoms with Crippen LogP contribution in [0.1, 0.15) is 19.4 Å². The third kappa shape index (κ3) is 1.92. The lowest BCUT2D eigenvalue weighted by molar-refractivity contribution is 0.0751. The maximum absolute atomic E-state index is 9.73. The van der Waals surface area contributed by atoms with Crippen molar-refractivity contribution in [3.63, 3.8) is 0 Å². The smallest absolute Gasteiger partial charge is 0.166 e. The molecule has 3 heteroatoms. The maximum atomic E-state index is 9.73. The van der Waals surface area contributed by atoms with Gasteiger partial charge < -0.3 is 14.9 Å². The molecule has 1 rings (SSSR count). The van der Waals surface area contributed by atoms with E-state index in [0.29, 0.717) is 11.3 Å². The Morgan fingerprint density at radius 2 is 1.92 bits per heavy atom. The first-order valence-electron chi connectivity index (χ1n) is 4.05. The number of para-hydroxylation sites is 1. The molecular weight excluding hydrogens is 168 g/mol. The molecule has 0 radical (unpaired) electrons. The van der Waals surface area contributed by atoms with Gasteiger partial charge in [0.25, 0.3) is 0 Å². The number of hydrogen-bond donors (Lipinski definition) is 2. The largest absolute Gasteiger partial charge is 0.504 e. The van der Waals surface area contributed by atoms with Crippen LogP contribution < -0.4 is 4.74 Å². The minimum absolute atomic E-state index is 0.0436. The molecule has 0 aliphatic rings. The molecule has 0 aliphatic heterocycles. The van der Waals surface area contributed by atoms with Crippen LogP contribution in [-0.4, -0.2) is 17.3 Å². The Kier molecular flexibility index (Phi) is 2.48. The summed E-state index contributed by atoms with van der Waals surface area (Å²) in [5.74, 6) is 0.372. The van der Waals surface area contributed by atoms with E-state index < -0.39 is 5.60 Å². The van der Waals surface area contributed by atoms with Gasteiger partial charge in [-0.05, 0) is 19.9 Å². The second kappa shape index (κ2) is 3.26. The molecule has 0 spiro atoms. The monoisotopic (exact) mass is 182 g/mol. The number of rotatable bonds is 2. The second-order valence-electron chi connectivity index (χ2n) is 3.42. The molecule has 0 atom stereocenters. The van der Waals surface area contributed by atoms with E-state index in [0.717, 1.165) is 0 Å². The first-order valence-corrected chi connectivity index (χ1v) is 4.05. The molecule has 0 aliphatic carbocycles. The second-order valence-corrected chi connectivity index (χ2v) is 3.42. The van der Waals surface area contributed by atoms with E-state index in [-0.39, 0.29) is 5.75 Å². The lowest BCUT2D eigenvalue weighted by atomic mass is 9.97. The first kappa shape index (κ1) is 9.86. The number of phenolic OH excluding ortho intramolecular Hbond substituents is 1. The number of phenols is 1. The van der Waals surface area contributed by atoms with Crippen molar-refractivity contribution < 1.29 is 14.9 Å². The zero-order valence-electron chi connectivity index (χ0n) is 8.03. The number of aromatic hydroxyl groups is 1. The Morgan fingerprint density at radius 3 is 2.31 bits per heavy atom. The molecule has 0 unspecified atom stereocenters. The fourth-order valence-electron chi connectivity index (χ4n) is 1.22. The minimum Gasteiger partial charge on any atom is -0.504 e. The van der Waals surface area contributed by atoms with Gasteiger partial charge in [0.1, 0.15) is 0 Å². The summed E-state index contributed by atoms with van der Waals surface area (Å²) in [6, 6.07) is 4.91. The summed E-state index contributed by atoms with van der Waals surface area (Å²) in [4.78, 5) is 0. The average Bonchev–Trinajstić information content (AvgIpc) is 2.02. The van der Waals surface area contributed by atoms with Gasteiger partial charge in [-0.1, -0.05) is 12.1 Å². The van der Waals surface area contributed by atoms with Crippen molar-refractivity contribution in [1.29, 1.82) is 0 Å². The highest BCUT2D eigenvalue weighted by Gasteiger charge is 2.22. The summed E-state index contributed by atoms with van der Waals surface area (Å²) in [5.41, 5.74) is -0.431. The normalized spacial score (nSPS) is 11.4. The highest BCUT2D eigenvalue weighted by atomic mass is 16.5. The lowest BCUT2D eigenvalue weighted by Crippen LogP contribution is -2.16. The van der Waals surface area contributed by atoms with E-state index in [1.165, 1.54) is 13.2 Å². The van der Waals surface area contributed by atoms with E-state index in [2.05, 4.69) is 0 Å². The fraction of sp³-hybridized carbons (Fsp3) is 0.400. The molecule has 2 N–H and O–H groups in total. The van der Waals surface area contributed by atoms with Gasteiger partial charge in [0.2, 0.25) is 0 Å². The fourth-order valence-corrected chi connectivity index (χ4v) is 1.22. The van der Waals surface area contributed by atoms with Crippen molar-refractivity contribution in [3.8, 4) is 11.5 Å². The number of methoxy groups -OCH3 is 1. The number of aliphatic hydroxyl groups is 1. The van der Waals surface area contributed by atoms with Gasteiger partial charge in [-0.15, -0.1) is 0 Å². The van der Waals surface area contributed by atoms with Crippen molar-refractivity contribution in [1.82, 2.24) is 0 Å². The van der Waals surface area contributed by atoms with Crippen LogP contribution in [0.3, 0.4) is 0 Å². The molecule has 0 saturated carbocycles. The van der Waals surface area contributed by atoms with Crippen molar-refractivity contribution in [2.45, 2.75) is 19.4 Å². The molecule has 72 valence electrons. The van der Waals surface area contributed by atoms with Gasteiger partial charge in [-0.2, -0.15) is 0 Å². The Labute approximate surface area is 77.6 Å². The summed E-state index contributed by atoms with van der Waals surface area (Å²) in [6.07, 6.45) is 0. The summed E-state index contributed by atoms with van der Waals surface area (Å²) < 4.78 is 4.99. The third-order valence-corrected chi connectivity index (χ3v) is 1.86. The molecule has 0 saturated heterocycles. The lowest BCUT2D eigenvalue weighted by Gasteiger charge is -2.21. The van der Waals surface area contributed by atoms with Crippen LogP contribution >= 0.6 is 0 Å². The Hall–Kier alpha value is -1.22. The van der Waals surface area contributed by atoms with Crippen molar-refractivity contribution >= 4 is 0 Å². The van der Waals surface area contributed by atoms with E-state index in [1.54, 1.807) is 26.0 Å². The Balaban J connectivity index is 3.29. The van der Waals surface area contributed by atoms with Gasteiger partial charge >= 0.3 is 0 Å². The predicted molar refractivity (Wildman–Crippen MR) is 49.9 cm³/mol. The Morgan fingerprint density at radius 1 is 1.31 bits per heavy atom. The topological polar surface area (TPSA) is 49.7 Å². The zero-order valence-corrected chi connectivity index (χ0v) is 8.03. The van der Waals surface area contributed by atoms with Crippen molar-refractivity contribution in [3.05, 3.63) is 23.8 Å². The standard InChI is InChI=1S/C10H14O3/c1-10(2,12)7-5-4-6-8(11)9(7)13-3/h4-6,11-12H,1-3H3. The first-order chi connectivity index (χ1) is 5.96. The maximum Gasteiger partial charge on any atom is 0.166 e. The van der Waals surface area contributed by atoms with Crippen LogP contribution in [0, 0.1) is 0 Å². The highest BCUT2D eigenvalue weighted by molar-refractivity contribution is 5.47. The quantitative estimate of drug-likeness (QED) is 0.730. The molecule has 0 bridgehead atoms. The molecule has 1 aromatic rings. The van der Waals surface area contributed by atoms with Gasteiger partial charge in [-0.3, -0.25) is 0 Å². The van der Waals surface area contributed by atoms with Gasteiger partial charge in [0.15, 0.2) is 11.5 Å². The molecule has 13 heavy (non-hydrogen) atoms. The Bertz CT molecular complexity index is 300. The molecule has 0 amide bonds. The van der Waals surface area contributed by atoms with Crippen LogP contribution in [0.25, 0.3) is 0 Å². The summed E-state index contributed by atoms with van der Waals surface area (Å²) >= 11 is 0. The molecule has 0 aromatic heterocycles. The molecule has 1 aromatic carbocycles. The van der Waals surface area contributed by atoms with Gasteiger partial charge in [0.05, 0.1) is 12.7 Å². The third-order valence-electron chi connectivity index (χ3n) is 1.86. The summed E-state index contributed by atoms with van der Waals surface area (Å²) in [6.45, 7) is 3.29. The number of ether oxygens (including phenoxy) is 1. The summed E-state index contributed by atoms with van der Waals surface area (Å²) in [5, 5.41) is 19.2. The highest BCUT2D eigenvalue weighted by Crippen LogP contribution is 2.36. The van der Waals surface area contributed by atoms with Crippen LogP contribution in [0.4, 0.5) is 0 Å². The van der Waals surface area contributed by atoms with Crippen molar-refractivity contribution in [2.24, 2.45) is 0 Å². The minimum atomic E-state index is -1.01. The summed E-state index contributed by atoms with van der Waals surface area (Å²) in [7, 11) is 1.46. The van der Waals surface area contributed by atoms with E-state index in [9.17, 15) is 10.2 Å². The van der Waals surface area contributed by atoms with Crippen LogP contribution in [0.15, 0.2) is 18.2 Å². The number of hydrogen-bond acceptors (Lipinski definition) is 3. The molecule has 0 fully saturated rings. The van der Waals surface area contributed by atoms with E-state index in [4.69, 9.17) is 4.74 Å². The molecule has 3 nitrogen and oxygen atoms in total. The van der Waals surface area contributed by atoms with Crippen LogP contribution in [0.2, 0.25) is 0 Å². The van der Waals surface area contributed by atoms with Crippen LogP contribution in [-0.2, 0) is 5.60 Å². The average molecular weight is 182 g/mol. The van der Waals surface area contributed by atoms with Gasteiger partial charge in [-0.25, -0.2) is 0 Å². The van der Waals surface area contributed by atoms with E-state index >= 15 is 0 Å². The zero-order chi connectivity index (χ0) is 10.1. The molecular formula is C10H14O3. The van der Waals surface area contributed by atoms with Gasteiger partial charge in [0, 0.05) is 5.56 Å². The number of benzene rings is 1. The predicted octanol–water partition coefficient (Wildman–Crippen LogP) is 1.63. The molecule has 0 heterocycles.